The lowest BCUT2D eigenvalue weighted by Gasteiger charge is -2.23. The van der Waals surface area contributed by atoms with Crippen molar-refractivity contribution < 1.29 is 23.1 Å². The van der Waals surface area contributed by atoms with Crippen LogP contribution in [0.5, 0.6) is 0 Å². The van der Waals surface area contributed by atoms with Crippen molar-refractivity contribution in [2.45, 2.75) is 38.4 Å². The highest BCUT2D eigenvalue weighted by Gasteiger charge is 2.56. The smallest absolute Gasteiger partial charge is 0.433 e. The minimum absolute atomic E-state index is 0.0110. The van der Waals surface area contributed by atoms with Gasteiger partial charge in [0.15, 0.2) is 5.69 Å². The molecule has 2 N–H and O–H groups in total. The average Bonchev–Trinajstić information content (AvgIpc) is 3.44. The number of halogens is 3. The van der Waals surface area contributed by atoms with Crippen molar-refractivity contribution in [2.24, 2.45) is 23.7 Å². The summed E-state index contributed by atoms with van der Waals surface area (Å²) in [6, 6.07) is 1.03. The molecular weight excluding hydrogens is 349 g/mol. The molecule has 6 nitrogen and oxygen atoms in total. The van der Waals surface area contributed by atoms with Crippen LogP contribution in [0.2, 0.25) is 0 Å². The lowest BCUT2D eigenvalue weighted by molar-refractivity contribution is -0.141. The highest BCUT2D eigenvalue weighted by Crippen LogP contribution is 2.54. The molecule has 2 aliphatic carbocycles. The number of nitrogens with zero attached hydrogens (tertiary/aromatic N) is 3. The Kier molecular flexibility index (Phi) is 4.00. The number of nitrogens with one attached hydrogen (secondary N) is 1. The van der Waals surface area contributed by atoms with Gasteiger partial charge in [-0.3, -0.25) is 4.79 Å². The van der Waals surface area contributed by atoms with E-state index in [1.165, 1.54) is 0 Å². The highest BCUT2D eigenvalue weighted by atomic mass is 19.4. The Hall–Kier alpha value is -2.06. The first-order valence-electron chi connectivity index (χ1n) is 8.92. The van der Waals surface area contributed by atoms with E-state index in [4.69, 9.17) is 5.11 Å². The van der Waals surface area contributed by atoms with Crippen LogP contribution >= 0.6 is 0 Å². The molecule has 4 rings (SSSR count). The number of carboxylic acids is 1. The molecule has 2 saturated carbocycles. The average molecular weight is 370 g/mol. The Labute approximate surface area is 148 Å². The van der Waals surface area contributed by atoms with Crippen LogP contribution in [-0.2, 0) is 11.0 Å². The normalized spacial score (nSPS) is 28.6. The van der Waals surface area contributed by atoms with Gasteiger partial charge in [0.1, 0.15) is 5.82 Å². The van der Waals surface area contributed by atoms with Crippen LogP contribution in [0.15, 0.2) is 6.07 Å². The Morgan fingerprint density at radius 1 is 1.35 bits per heavy atom. The summed E-state index contributed by atoms with van der Waals surface area (Å²) in [6.07, 6.45) is -2.27. The zero-order valence-electron chi connectivity index (χ0n) is 14.3. The Morgan fingerprint density at radius 3 is 2.54 bits per heavy atom. The van der Waals surface area contributed by atoms with Crippen LogP contribution in [0, 0.1) is 23.7 Å². The fraction of sp³-hybridized carbons (Fsp3) is 0.706. The van der Waals surface area contributed by atoms with E-state index in [1.807, 2.05) is 11.8 Å². The van der Waals surface area contributed by atoms with Gasteiger partial charge in [0.05, 0.1) is 0 Å². The monoisotopic (exact) mass is 370 g/mol. The number of alkyl halides is 3. The topological polar surface area (TPSA) is 78.4 Å². The van der Waals surface area contributed by atoms with Gasteiger partial charge >= 0.3 is 12.1 Å². The van der Waals surface area contributed by atoms with Gasteiger partial charge in [0.25, 0.3) is 0 Å². The second-order valence-electron chi connectivity index (χ2n) is 7.70. The van der Waals surface area contributed by atoms with Crippen molar-refractivity contribution in [1.29, 1.82) is 0 Å². The minimum atomic E-state index is -4.54. The third-order valence-electron chi connectivity index (χ3n) is 5.79. The number of aromatic nitrogens is 2. The summed E-state index contributed by atoms with van der Waals surface area (Å²) in [5.74, 6) is 0.524. The summed E-state index contributed by atoms with van der Waals surface area (Å²) in [5.41, 5.74) is -0.948. The van der Waals surface area contributed by atoms with Crippen LogP contribution < -0.4 is 10.2 Å². The molecule has 0 spiro atoms. The zero-order valence-corrected chi connectivity index (χ0v) is 14.3. The number of anilines is 2. The quantitative estimate of drug-likeness (QED) is 0.802. The molecule has 1 aromatic rings. The molecule has 142 valence electrons. The molecular formula is C17H21F3N4O2. The number of carbonyl (C=O) groups is 1. The molecule has 9 heteroatoms. The molecule has 1 aliphatic heterocycles. The van der Waals surface area contributed by atoms with Gasteiger partial charge in [-0.05, 0) is 43.4 Å². The van der Waals surface area contributed by atoms with Crippen molar-refractivity contribution in [3.63, 3.8) is 0 Å². The van der Waals surface area contributed by atoms with Crippen molar-refractivity contribution in [2.75, 3.05) is 23.3 Å². The first kappa shape index (κ1) is 17.4. The van der Waals surface area contributed by atoms with Crippen LogP contribution in [0.3, 0.4) is 0 Å². The standard InChI is InChI=1S/C17H21F3N4O2/c1-8(9-2-3-9)21-16-22-13(17(18,19)20)5-14(23-16)24-6-11-10(4-15(25)26)12(11)7-24/h5,8-12H,2-4,6-7H2,1H3,(H,25,26)(H,21,22,23)/t8-,10?,11-,12+/m1/s1. The maximum atomic E-state index is 13.2. The number of carboxylic acid groups (broad SMARTS) is 1. The summed E-state index contributed by atoms with van der Waals surface area (Å²) in [6.45, 7) is 3.03. The molecule has 0 bridgehead atoms. The predicted octanol–water partition coefficient (Wildman–Crippen LogP) is 2.86. The molecule has 3 fully saturated rings. The second-order valence-corrected chi connectivity index (χ2v) is 7.70. The lowest BCUT2D eigenvalue weighted by Crippen LogP contribution is -2.28. The molecule has 1 aromatic heterocycles. The van der Waals surface area contributed by atoms with E-state index >= 15 is 0 Å². The van der Waals surface area contributed by atoms with Gasteiger partial charge in [-0.2, -0.15) is 18.2 Å². The lowest BCUT2D eigenvalue weighted by atomic mass is 10.2. The third-order valence-corrected chi connectivity index (χ3v) is 5.79. The molecule has 26 heavy (non-hydrogen) atoms. The fourth-order valence-corrected chi connectivity index (χ4v) is 4.06. The Balaban J connectivity index is 1.51. The summed E-state index contributed by atoms with van der Waals surface area (Å²) in [7, 11) is 0. The largest absolute Gasteiger partial charge is 0.481 e. The van der Waals surface area contributed by atoms with Crippen molar-refractivity contribution in [3.8, 4) is 0 Å². The molecule has 4 atom stereocenters. The molecule has 0 aromatic carbocycles. The minimum Gasteiger partial charge on any atom is -0.481 e. The van der Waals surface area contributed by atoms with Crippen molar-refractivity contribution in [3.05, 3.63) is 11.8 Å². The number of hydrogen-bond donors (Lipinski definition) is 2. The number of rotatable bonds is 6. The van der Waals surface area contributed by atoms with Gasteiger partial charge in [0, 0.05) is 31.6 Å². The SMILES string of the molecule is C[C@@H](Nc1nc(N2C[C@@H]3C(CC(=O)O)[C@@H]3C2)cc(C(F)(F)F)n1)C1CC1. The van der Waals surface area contributed by atoms with Gasteiger partial charge in [-0.25, -0.2) is 4.98 Å². The van der Waals surface area contributed by atoms with Crippen LogP contribution in [0.1, 0.15) is 31.9 Å². The van der Waals surface area contributed by atoms with Crippen LogP contribution in [-0.4, -0.2) is 40.2 Å². The van der Waals surface area contributed by atoms with Crippen LogP contribution in [0.25, 0.3) is 0 Å². The zero-order chi connectivity index (χ0) is 18.6. The number of aliphatic carboxylic acids is 1. The van der Waals surface area contributed by atoms with E-state index in [9.17, 15) is 18.0 Å². The molecule has 1 unspecified atom stereocenters. The third kappa shape index (κ3) is 3.43. The maximum Gasteiger partial charge on any atom is 0.433 e. The summed E-state index contributed by atoms with van der Waals surface area (Å²) >= 11 is 0. The second kappa shape index (κ2) is 5.99. The molecule has 0 radical (unpaired) electrons. The van der Waals surface area contributed by atoms with E-state index < -0.39 is 17.8 Å². The maximum absolute atomic E-state index is 13.2. The fourth-order valence-electron chi connectivity index (χ4n) is 4.06. The van der Waals surface area contributed by atoms with Gasteiger partial charge in [-0.15, -0.1) is 0 Å². The first-order valence-corrected chi connectivity index (χ1v) is 8.92. The van der Waals surface area contributed by atoms with Crippen LogP contribution in [0.4, 0.5) is 24.9 Å². The Bertz CT molecular complexity index is 710. The van der Waals surface area contributed by atoms with E-state index in [-0.39, 0.29) is 42.0 Å². The van der Waals surface area contributed by atoms with Gasteiger partial charge < -0.3 is 15.3 Å². The number of fused-ring (bicyclic) bond motifs is 1. The first-order chi connectivity index (χ1) is 12.2. The number of piperidine rings is 1. The summed E-state index contributed by atoms with van der Waals surface area (Å²) in [4.78, 5) is 20.6. The molecule has 1 saturated heterocycles. The highest BCUT2D eigenvalue weighted by molar-refractivity contribution is 5.68. The molecule has 3 aliphatic rings. The Morgan fingerprint density at radius 2 is 2.00 bits per heavy atom. The predicted molar refractivity (Wildman–Crippen MR) is 87.8 cm³/mol. The number of hydrogen-bond acceptors (Lipinski definition) is 5. The van der Waals surface area contributed by atoms with E-state index in [0.29, 0.717) is 19.0 Å². The summed E-state index contributed by atoms with van der Waals surface area (Å²) < 4.78 is 39.7. The van der Waals surface area contributed by atoms with Gasteiger partial charge in [0.2, 0.25) is 5.95 Å². The van der Waals surface area contributed by atoms with E-state index in [2.05, 4.69) is 15.3 Å². The van der Waals surface area contributed by atoms with Crippen molar-refractivity contribution >= 4 is 17.7 Å². The summed E-state index contributed by atoms with van der Waals surface area (Å²) in [5, 5.41) is 11.9. The molecule has 2 heterocycles. The van der Waals surface area contributed by atoms with Crippen molar-refractivity contribution in [1.82, 2.24) is 9.97 Å². The van der Waals surface area contributed by atoms with E-state index in [0.717, 1.165) is 18.9 Å². The van der Waals surface area contributed by atoms with E-state index in [1.54, 1.807) is 0 Å². The molecule has 0 amide bonds. The van der Waals surface area contributed by atoms with Gasteiger partial charge in [-0.1, -0.05) is 0 Å².